The van der Waals surface area contributed by atoms with Gasteiger partial charge in [0.25, 0.3) is 0 Å². The molecule has 0 unspecified atom stereocenters. The van der Waals surface area contributed by atoms with Gasteiger partial charge in [0.1, 0.15) is 5.75 Å². The van der Waals surface area contributed by atoms with Gasteiger partial charge < -0.3 is 15.2 Å². The first-order chi connectivity index (χ1) is 7.74. The molecule has 1 aromatic rings. The Balaban J connectivity index is 2.40. The molecule has 0 atom stereocenters. The van der Waals surface area contributed by atoms with Gasteiger partial charge in [0.2, 0.25) is 0 Å². The van der Waals surface area contributed by atoms with Crippen molar-refractivity contribution in [3.8, 4) is 5.75 Å². The highest BCUT2D eigenvalue weighted by Crippen LogP contribution is 2.16. The number of carbonyl (C=O) groups is 1. The maximum atomic E-state index is 10.2. The van der Waals surface area contributed by atoms with Crippen molar-refractivity contribution < 1.29 is 14.6 Å². The summed E-state index contributed by atoms with van der Waals surface area (Å²) in [6.07, 6.45) is 3.29. The lowest BCUT2D eigenvalue weighted by molar-refractivity contribution is -0.131. The van der Waals surface area contributed by atoms with Crippen LogP contribution in [0.5, 0.6) is 5.75 Å². The second-order valence-electron chi connectivity index (χ2n) is 3.19. The molecule has 0 aliphatic rings. The smallest absolute Gasteiger partial charge is 0.329 e. The van der Waals surface area contributed by atoms with Crippen LogP contribution in [0.15, 0.2) is 36.5 Å². The van der Waals surface area contributed by atoms with Crippen LogP contribution in [0.1, 0.15) is 5.56 Å². The molecule has 1 rings (SSSR count). The van der Waals surface area contributed by atoms with Gasteiger partial charge in [-0.3, -0.25) is 0 Å². The maximum Gasteiger partial charge on any atom is 0.329 e. The van der Waals surface area contributed by atoms with Gasteiger partial charge in [0, 0.05) is 18.8 Å². The van der Waals surface area contributed by atoms with Crippen molar-refractivity contribution in [1.82, 2.24) is 5.32 Å². The Bertz CT molecular complexity index is 374. The van der Waals surface area contributed by atoms with Gasteiger partial charge in [-0.15, -0.1) is 0 Å². The van der Waals surface area contributed by atoms with Crippen LogP contribution in [-0.4, -0.2) is 24.7 Å². The van der Waals surface area contributed by atoms with E-state index >= 15 is 0 Å². The fourth-order valence-corrected chi connectivity index (χ4v) is 1.33. The van der Waals surface area contributed by atoms with Crippen LogP contribution >= 0.6 is 0 Å². The predicted octanol–water partition coefficient (Wildman–Crippen LogP) is 1.43. The minimum absolute atomic E-state index is 0.671. The molecule has 0 aliphatic heterocycles. The molecule has 16 heavy (non-hydrogen) atoms. The van der Waals surface area contributed by atoms with E-state index in [2.05, 4.69) is 5.32 Å². The zero-order valence-corrected chi connectivity index (χ0v) is 9.14. The first-order valence-electron chi connectivity index (χ1n) is 4.99. The van der Waals surface area contributed by atoms with E-state index in [1.54, 1.807) is 7.11 Å². The lowest BCUT2D eigenvalue weighted by atomic mass is 10.1. The van der Waals surface area contributed by atoms with Crippen LogP contribution in [-0.2, 0) is 11.2 Å². The molecule has 1 aromatic carbocycles. The zero-order chi connectivity index (χ0) is 11.8. The zero-order valence-electron chi connectivity index (χ0n) is 9.14. The largest absolute Gasteiger partial charge is 0.496 e. The van der Waals surface area contributed by atoms with Gasteiger partial charge in [-0.2, -0.15) is 0 Å². The van der Waals surface area contributed by atoms with Gasteiger partial charge in [-0.25, -0.2) is 4.79 Å². The normalized spacial score (nSPS) is 10.3. The molecule has 0 aromatic heterocycles. The van der Waals surface area contributed by atoms with Crippen LogP contribution < -0.4 is 10.1 Å². The van der Waals surface area contributed by atoms with Crippen molar-refractivity contribution in [2.75, 3.05) is 13.7 Å². The topological polar surface area (TPSA) is 58.6 Å². The highest BCUT2D eigenvalue weighted by atomic mass is 16.5. The summed E-state index contributed by atoms with van der Waals surface area (Å²) in [4.78, 5) is 10.2. The van der Waals surface area contributed by atoms with Crippen molar-refractivity contribution in [3.05, 3.63) is 42.1 Å². The lowest BCUT2D eigenvalue weighted by Gasteiger charge is -2.07. The van der Waals surface area contributed by atoms with E-state index in [1.165, 1.54) is 6.20 Å². The van der Waals surface area contributed by atoms with Gasteiger partial charge >= 0.3 is 5.97 Å². The number of para-hydroxylation sites is 1. The van der Waals surface area contributed by atoms with Crippen molar-refractivity contribution in [2.45, 2.75) is 6.42 Å². The molecular weight excluding hydrogens is 206 g/mol. The van der Waals surface area contributed by atoms with Crippen LogP contribution in [0.25, 0.3) is 0 Å². The van der Waals surface area contributed by atoms with Crippen molar-refractivity contribution in [2.24, 2.45) is 0 Å². The molecule has 0 saturated heterocycles. The first kappa shape index (κ1) is 12.1. The Morgan fingerprint density at radius 2 is 2.25 bits per heavy atom. The summed E-state index contributed by atoms with van der Waals surface area (Å²) in [5, 5.41) is 11.3. The van der Waals surface area contributed by atoms with E-state index in [4.69, 9.17) is 9.84 Å². The van der Waals surface area contributed by atoms with Gasteiger partial charge in [-0.1, -0.05) is 18.2 Å². The van der Waals surface area contributed by atoms with Crippen LogP contribution in [0, 0.1) is 0 Å². The molecule has 4 heteroatoms. The van der Waals surface area contributed by atoms with E-state index in [0.29, 0.717) is 6.54 Å². The van der Waals surface area contributed by atoms with Crippen LogP contribution in [0.3, 0.4) is 0 Å². The lowest BCUT2D eigenvalue weighted by Crippen LogP contribution is -2.11. The molecule has 0 bridgehead atoms. The minimum Gasteiger partial charge on any atom is -0.496 e. The van der Waals surface area contributed by atoms with Crippen molar-refractivity contribution >= 4 is 5.97 Å². The highest BCUT2D eigenvalue weighted by molar-refractivity contribution is 5.79. The number of ether oxygens (including phenoxy) is 1. The van der Waals surface area contributed by atoms with E-state index in [0.717, 1.165) is 23.8 Å². The quantitative estimate of drug-likeness (QED) is 0.563. The van der Waals surface area contributed by atoms with Crippen LogP contribution in [0.4, 0.5) is 0 Å². The number of carboxylic acids is 1. The Kier molecular flexibility index (Phi) is 4.92. The fourth-order valence-electron chi connectivity index (χ4n) is 1.33. The van der Waals surface area contributed by atoms with E-state index < -0.39 is 5.97 Å². The Labute approximate surface area is 94.6 Å². The molecule has 4 nitrogen and oxygen atoms in total. The number of hydrogen-bond donors (Lipinski definition) is 2. The molecule has 0 saturated carbocycles. The number of methoxy groups -OCH3 is 1. The maximum absolute atomic E-state index is 10.2. The predicted molar refractivity (Wildman–Crippen MR) is 61.5 cm³/mol. The third-order valence-electron chi connectivity index (χ3n) is 2.07. The second-order valence-corrected chi connectivity index (χ2v) is 3.19. The monoisotopic (exact) mass is 221 g/mol. The molecule has 0 spiro atoms. The summed E-state index contributed by atoms with van der Waals surface area (Å²) < 4.78 is 5.20. The highest BCUT2D eigenvalue weighted by Gasteiger charge is 1.99. The summed E-state index contributed by atoms with van der Waals surface area (Å²) in [5.41, 5.74) is 1.10. The first-order valence-corrected chi connectivity index (χ1v) is 4.99. The molecule has 0 fully saturated rings. The number of hydrogen-bond acceptors (Lipinski definition) is 3. The Hall–Kier alpha value is -1.97. The molecule has 0 amide bonds. The van der Waals surface area contributed by atoms with E-state index in [-0.39, 0.29) is 0 Å². The standard InChI is InChI=1S/C12H15NO3/c1-16-11-5-3-2-4-10(11)6-8-13-9-7-12(14)15/h2-5,7,9,13H,6,8H2,1H3,(H,14,15)/b9-7+. The molecule has 86 valence electrons. The van der Waals surface area contributed by atoms with Crippen LogP contribution in [0.2, 0.25) is 0 Å². The average molecular weight is 221 g/mol. The SMILES string of the molecule is COc1ccccc1CCN/C=C/C(=O)O. The number of benzene rings is 1. The average Bonchev–Trinajstić information content (AvgIpc) is 2.29. The molecule has 0 heterocycles. The molecule has 2 N–H and O–H groups in total. The third-order valence-corrected chi connectivity index (χ3v) is 2.07. The molecular formula is C12H15NO3. The third kappa shape index (κ3) is 4.04. The molecule has 0 aliphatic carbocycles. The van der Waals surface area contributed by atoms with E-state index in [1.807, 2.05) is 24.3 Å². The number of aliphatic carboxylic acids is 1. The fraction of sp³-hybridized carbons (Fsp3) is 0.250. The van der Waals surface area contributed by atoms with Gasteiger partial charge in [0.05, 0.1) is 7.11 Å². The van der Waals surface area contributed by atoms with Crippen molar-refractivity contribution in [1.29, 1.82) is 0 Å². The van der Waals surface area contributed by atoms with Gasteiger partial charge in [-0.05, 0) is 18.1 Å². The van der Waals surface area contributed by atoms with E-state index in [9.17, 15) is 4.79 Å². The summed E-state index contributed by atoms with van der Waals surface area (Å²) >= 11 is 0. The van der Waals surface area contributed by atoms with Gasteiger partial charge in [0.15, 0.2) is 0 Å². The Morgan fingerprint density at radius 3 is 2.94 bits per heavy atom. The summed E-state index contributed by atoms with van der Waals surface area (Å²) in [6, 6.07) is 7.76. The number of nitrogens with one attached hydrogen (secondary N) is 1. The molecule has 0 radical (unpaired) electrons. The second kappa shape index (κ2) is 6.50. The number of rotatable bonds is 6. The minimum atomic E-state index is -0.954. The Morgan fingerprint density at radius 1 is 1.50 bits per heavy atom. The number of carboxylic acid groups (broad SMARTS) is 1. The summed E-state index contributed by atoms with van der Waals surface area (Å²) in [5.74, 6) is -0.101. The van der Waals surface area contributed by atoms with Crippen molar-refractivity contribution in [3.63, 3.8) is 0 Å². The summed E-state index contributed by atoms with van der Waals surface area (Å²) in [6.45, 7) is 0.671. The summed E-state index contributed by atoms with van der Waals surface area (Å²) in [7, 11) is 1.64.